The Hall–Kier alpha value is -3.72. The molecule has 2 amide bonds. The quantitative estimate of drug-likeness (QED) is 0.532. The van der Waals surface area contributed by atoms with E-state index in [9.17, 15) is 22.4 Å². The van der Waals surface area contributed by atoms with Gasteiger partial charge in [-0.15, -0.1) is 0 Å². The molecule has 35 heavy (non-hydrogen) atoms. The summed E-state index contributed by atoms with van der Waals surface area (Å²) in [5.74, 6) is -1.68. The Morgan fingerprint density at radius 1 is 0.943 bits per heavy atom. The van der Waals surface area contributed by atoms with Crippen LogP contribution in [0.1, 0.15) is 28.8 Å². The summed E-state index contributed by atoms with van der Waals surface area (Å²) in [5.41, 5.74) is 1.21. The third kappa shape index (κ3) is 5.35. The average molecular weight is 496 g/mol. The maximum Gasteiger partial charge on any atom is 0.264 e. The molecule has 182 valence electrons. The average Bonchev–Trinajstić information content (AvgIpc) is 3.38. The number of benzene rings is 3. The van der Waals surface area contributed by atoms with Crippen molar-refractivity contribution in [2.75, 3.05) is 29.3 Å². The number of nitrogens with one attached hydrogen (secondary N) is 1. The molecule has 0 radical (unpaired) electrons. The molecule has 0 aliphatic carbocycles. The third-order valence-electron chi connectivity index (χ3n) is 5.84. The van der Waals surface area contributed by atoms with E-state index in [1.807, 2.05) is 6.92 Å². The van der Waals surface area contributed by atoms with Gasteiger partial charge in [-0.05, 0) is 56.2 Å². The molecule has 1 N–H and O–H groups in total. The highest BCUT2D eigenvalue weighted by Crippen LogP contribution is 2.27. The summed E-state index contributed by atoms with van der Waals surface area (Å²) in [6, 6.07) is 18.1. The molecule has 3 aromatic rings. The number of sulfonamides is 1. The van der Waals surface area contributed by atoms with E-state index >= 15 is 0 Å². The summed E-state index contributed by atoms with van der Waals surface area (Å²) in [6.07, 6.45) is 1.85. The summed E-state index contributed by atoms with van der Waals surface area (Å²) in [5, 5.41) is 2.65. The minimum atomic E-state index is -4.26. The number of nitrogens with zero attached hydrogens (tertiary/aromatic N) is 2. The molecule has 7 nitrogen and oxygen atoms in total. The first-order chi connectivity index (χ1) is 16.8. The SMILES string of the molecule is Cc1ccc(S(=O)(=O)N(CC(=O)Nc2ccccc2C(=O)N2CCCC2)c2ccccc2F)cc1. The second-order valence-corrected chi connectivity index (χ2v) is 10.2. The molecule has 1 aliphatic rings. The van der Waals surface area contributed by atoms with Crippen molar-refractivity contribution in [3.05, 3.63) is 89.7 Å². The van der Waals surface area contributed by atoms with Gasteiger partial charge in [0, 0.05) is 13.1 Å². The Bertz CT molecular complexity index is 1340. The van der Waals surface area contributed by atoms with E-state index in [1.165, 1.54) is 30.3 Å². The zero-order valence-corrected chi connectivity index (χ0v) is 20.1. The summed E-state index contributed by atoms with van der Waals surface area (Å²) in [6.45, 7) is 2.44. The van der Waals surface area contributed by atoms with Crippen LogP contribution in [0.4, 0.5) is 15.8 Å². The van der Waals surface area contributed by atoms with Crippen molar-refractivity contribution in [2.45, 2.75) is 24.7 Å². The van der Waals surface area contributed by atoms with Crippen molar-refractivity contribution in [1.82, 2.24) is 4.90 Å². The summed E-state index contributed by atoms with van der Waals surface area (Å²) in [7, 11) is -4.26. The van der Waals surface area contributed by atoms with Gasteiger partial charge in [0.2, 0.25) is 5.91 Å². The van der Waals surface area contributed by atoms with Gasteiger partial charge in [0.25, 0.3) is 15.9 Å². The Labute approximate surface area is 204 Å². The maximum atomic E-state index is 14.7. The fourth-order valence-corrected chi connectivity index (χ4v) is 5.41. The second kappa shape index (κ2) is 10.3. The number of rotatable bonds is 7. The molecule has 3 aromatic carbocycles. The number of hydrogen-bond donors (Lipinski definition) is 1. The van der Waals surface area contributed by atoms with E-state index < -0.39 is 28.3 Å². The largest absolute Gasteiger partial charge is 0.339 e. The van der Waals surface area contributed by atoms with E-state index in [0.717, 1.165) is 28.8 Å². The molecule has 0 atom stereocenters. The van der Waals surface area contributed by atoms with Crippen LogP contribution in [0.15, 0.2) is 77.7 Å². The van der Waals surface area contributed by atoms with Gasteiger partial charge in [-0.25, -0.2) is 12.8 Å². The van der Waals surface area contributed by atoms with Crippen LogP contribution in [0.3, 0.4) is 0 Å². The minimum Gasteiger partial charge on any atom is -0.339 e. The maximum absolute atomic E-state index is 14.7. The van der Waals surface area contributed by atoms with Gasteiger partial charge in [-0.2, -0.15) is 0 Å². The first-order valence-electron chi connectivity index (χ1n) is 11.3. The summed E-state index contributed by atoms with van der Waals surface area (Å²) >= 11 is 0. The van der Waals surface area contributed by atoms with Crippen LogP contribution in [0.2, 0.25) is 0 Å². The zero-order valence-electron chi connectivity index (χ0n) is 19.3. The molecular formula is C26H26FN3O4S. The number of halogens is 1. The number of aryl methyl sites for hydroxylation is 1. The first-order valence-corrected chi connectivity index (χ1v) is 12.7. The molecule has 0 spiro atoms. The number of carbonyl (C=O) groups excluding carboxylic acids is 2. The first kappa shape index (κ1) is 24.4. The fraction of sp³-hybridized carbons (Fsp3) is 0.231. The van der Waals surface area contributed by atoms with E-state index in [-0.39, 0.29) is 22.2 Å². The van der Waals surface area contributed by atoms with Crippen LogP contribution in [0.25, 0.3) is 0 Å². The second-order valence-electron chi connectivity index (χ2n) is 8.37. The molecular weight excluding hydrogens is 469 g/mol. The highest BCUT2D eigenvalue weighted by atomic mass is 32.2. The lowest BCUT2D eigenvalue weighted by molar-refractivity contribution is -0.114. The van der Waals surface area contributed by atoms with Gasteiger partial charge in [0.1, 0.15) is 12.4 Å². The van der Waals surface area contributed by atoms with Gasteiger partial charge in [0.15, 0.2) is 0 Å². The van der Waals surface area contributed by atoms with Crippen LogP contribution < -0.4 is 9.62 Å². The van der Waals surface area contributed by atoms with Gasteiger partial charge < -0.3 is 10.2 Å². The van der Waals surface area contributed by atoms with Crippen LogP contribution in [0.5, 0.6) is 0 Å². The topological polar surface area (TPSA) is 86.8 Å². The minimum absolute atomic E-state index is 0.0660. The molecule has 0 bridgehead atoms. The van der Waals surface area contributed by atoms with Gasteiger partial charge in [0.05, 0.1) is 21.8 Å². The van der Waals surface area contributed by atoms with E-state index in [2.05, 4.69) is 5.32 Å². The molecule has 0 saturated carbocycles. The highest BCUT2D eigenvalue weighted by Gasteiger charge is 2.30. The Morgan fingerprint density at radius 3 is 2.26 bits per heavy atom. The molecule has 9 heteroatoms. The van der Waals surface area contributed by atoms with Crippen molar-refractivity contribution >= 4 is 33.2 Å². The molecule has 1 fully saturated rings. The molecule has 4 rings (SSSR count). The predicted molar refractivity (Wildman–Crippen MR) is 132 cm³/mol. The van der Waals surface area contributed by atoms with E-state index in [1.54, 1.807) is 41.3 Å². The van der Waals surface area contributed by atoms with Gasteiger partial charge >= 0.3 is 0 Å². The Morgan fingerprint density at radius 2 is 1.57 bits per heavy atom. The standard InChI is InChI=1S/C26H26FN3O4S/c1-19-12-14-20(15-13-19)35(33,34)30(24-11-5-3-9-22(24)27)18-25(31)28-23-10-4-2-8-21(23)26(32)29-16-6-7-17-29/h2-5,8-15H,6-7,16-18H2,1H3,(H,28,31). The number of likely N-dealkylation sites (tertiary alicyclic amines) is 1. The number of hydrogen-bond acceptors (Lipinski definition) is 4. The number of para-hydroxylation sites is 2. The van der Waals surface area contributed by atoms with Crippen molar-refractivity contribution in [3.8, 4) is 0 Å². The monoisotopic (exact) mass is 495 g/mol. The van der Waals surface area contributed by atoms with Crippen LogP contribution in [0, 0.1) is 12.7 Å². The smallest absolute Gasteiger partial charge is 0.264 e. The Balaban J connectivity index is 1.64. The highest BCUT2D eigenvalue weighted by molar-refractivity contribution is 7.92. The van der Waals surface area contributed by atoms with Crippen LogP contribution in [-0.2, 0) is 14.8 Å². The lowest BCUT2D eigenvalue weighted by Crippen LogP contribution is -2.39. The predicted octanol–water partition coefficient (Wildman–Crippen LogP) is 4.20. The fourth-order valence-electron chi connectivity index (χ4n) is 3.98. The third-order valence-corrected chi connectivity index (χ3v) is 7.62. The van der Waals surface area contributed by atoms with Crippen LogP contribution in [-0.4, -0.2) is 44.8 Å². The summed E-state index contributed by atoms with van der Waals surface area (Å²) in [4.78, 5) is 27.7. The Kier molecular flexibility index (Phi) is 7.16. The van der Waals surface area contributed by atoms with Crippen molar-refractivity contribution in [2.24, 2.45) is 0 Å². The summed E-state index contributed by atoms with van der Waals surface area (Å²) < 4.78 is 42.3. The number of amides is 2. The molecule has 1 aliphatic heterocycles. The van der Waals surface area contributed by atoms with E-state index in [4.69, 9.17) is 0 Å². The zero-order chi connectivity index (χ0) is 25.0. The normalized spacial score (nSPS) is 13.5. The molecule has 0 aromatic heterocycles. The van der Waals surface area contributed by atoms with Crippen molar-refractivity contribution in [3.63, 3.8) is 0 Å². The molecule has 1 heterocycles. The molecule has 0 unspecified atom stereocenters. The van der Waals surface area contributed by atoms with E-state index in [0.29, 0.717) is 18.7 Å². The van der Waals surface area contributed by atoms with Crippen LogP contribution >= 0.6 is 0 Å². The number of anilines is 2. The van der Waals surface area contributed by atoms with Gasteiger partial charge in [-0.3, -0.25) is 13.9 Å². The molecule has 1 saturated heterocycles. The van der Waals surface area contributed by atoms with Gasteiger partial charge in [-0.1, -0.05) is 42.0 Å². The van der Waals surface area contributed by atoms with Crippen molar-refractivity contribution < 1.29 is 22.4 Å². The van der Waals surface area contributed by atoms with Crippen molar-refractivity contribution in [1.29, 1.82) is 0 Å². The lowest BCUT2D eigenvalue weighted by Gasteiger charge is -2.25. The number of carbonyl (C=O) groups is 2. The lowest BCUT2D eigenvalue weighted by atomic mass is 10.1.